The molecule has 0 aliphatic heterocycles. The van der Waals surface area contributed by atoms with Gasteiger partial charge in [0.2, 0.25) is 0 Å². The Kier molecular flexibility index (Phi) is 3.40. The van der Waals surface area contributed by atoms with Gasteiger partial charge in [-0.3, -0.25) is 0 Å². The van der Waals surface area contributed by atoms with Crippen LogP contribution in [0.5, 0.6) is 0 Å². The van der Waals surface area contributed by atoms with Crippen molar-refractivity contribution in [2.24, 2.45) is 0 Å². The van der Waals surface area contributed by atoms with E-state index in [0.717, 1.165) is 22.5 Å². The molecule has 1 aromatic carbocycles. The van der Waals surface area contributed by atoms with Gasteiger partial charge in [0, 0.05) is 30.3 Å². The van der Waals surface area contributed by atoms with Crippen molar-refractivity contribution in [2.75, 3.05) is 18.1 Å². The molecule has 1 aromatic heterocycles. The first-order chi connectivity index (χ1) is 6.79. The molecule has 0 spiro atoms. The highest BCUT2D eigenvalue weighted by molar-refractivity contribution is 5.83. The molecule has 0 atom stereocenters. The van der Waals surface area contributed by atoms with Crippen LogP contribution in [0.2, 0.25) is 0 Å². The average Bonchev–Trinajstić information content (AvgIpc) is 2.62. The fourth-order valence-electron chi connectivity index (χ4n) is 1.17. The molecule has 0 saturated carbocycles. The number of nitrogens with one attached hydrogen (secondary N) is 1. The normalized spacial score (nSPS) is 9.36. The molecule has 3 N–H and O–H groups in total. The van der Waals surface area contributed by atoms with Crippen LogP contribution in [0.4, 0.5) is 11.6 Å². The van der Waals surface area contributed by atoms with Crippen molar-refractivity contribution < 1.29 is 4.42 Å². The summed E-state index contributed by atoms with van der Waals surface area (Å²) in [6.07, 6.45) is 0. The predicted octanol–water partition coefficient (Wildman–Crippen LogP) is 3.08. The highest BCUT2D eigenvalue weighted by Crippen LogP contribution is 2.24. The Morgan fingerprint density at radius 1 is 1.21 bits per heavy atom. The summed E-state index contributed by atoms with van der Waals surface area (Å²) in [7, 11) is 1.82. The molecule has 2 aromatic rings. The number of hydrogen-bond acceptors (Lipinski definition) is 3. The molecule has 14 heavy (non-hydrogen) atoms. The number of furan rings is 1. The van der Waals surface area contributed by atoms with Gasteiger partial charge in [-0.1, -0.05) is 13.8 Å². The fourth-order valence-corrected chi connectivity index (χ4v) is 1.17. The Morgan fingerprint density at radius 2 is 1.93 bits per heavy atom. The second-order valence-electron chi connectivity index (χ2n) is 2.66. The smallest absolute Gasteiger partial charge is 0.193 e. The van der Waals surface area contributed by atoms with E-state index in [4.69, 9.17) is 10.2 Å². The van der Waals surface area contributed by atoms with E-state index >= 15 is 0 Å². The van der Waals surface area contributed by atoms with Gasteiger partial charge in [-0.25, -0.2) is 0 Å². The summed E-state index contributed by atoms with van der Waals surface area (Å²) in [5.74, 6) is 0.760. The summed E-state index contributed by atoms with van der Waals surface area (Å²) in [6.45, 7) is 4.00. The standard InChI is InChI=1S/C9H10N2O.C2H6/c1-11-9-4-6-2-3-7(10)5-8(6)12-9;1-2/h2-5,11H,10H2,1H3;1-2H3. The largest absolute Gasteiger partial charge is 0.441 e. The molecule has 0 saturated heterocycles. The molecule has 0 radical (unpaired) electrons. The zero-order valence-corrected chi connectivity index (χ0v) is 8.79. The summed E-state index contributed by atoms with van der Waals surface area (Å²) in [5, 5.41) is 3.99. The Morgan fingerprint density at radius 3 is 2.57 bits per heavy atom. The molecule has 0 fully saturated rings. The molecule has 76 valence electrons. The van der Waals surface area contributed by atoms with Gasteiger partial charge in [0.25, 0.3) is 0 Å². The van der Waals surface area contributed by atoms with Crippen molar-refractivity contribution in [3.63, 3.8) is 0 Å². The molecule has 0 aliphatic rings. The lowest BCUT2D eigenvalue weighted by Gasteiger charge is -1.90. The van der Waals surface area contributed by atoms with Crippen LogP contribution in [0.1, 0.15) is 13.8 Å². The second kappa shape index (κ2) is 4.56. The van der Waals surface area contributed by atoms with Gasteiger partial charge in [0.15, 0.2) is 5.88 Å². The zero-order chi connectivity index (χ0) is 10.6. The van der Waals surface area contributed by atoms with Crippen molar-refractivity contribution >= 4 is 22.5 Å². The Labute approximate surface area is 83.9 Å². The molecule has 0 aliphatic carbocycles. The maximum atomic E-state index is 5.59. The van der Waals surface area contributed by atoms with Crippen LogP contribution in [0.25, 0.3) is 11.0 Å². The summed E-state index contributed by atoms with van der Waals surface area (Å²) in [5.41, 5.74) is 7.13. The van der Waals surface area contributed by atoms with Crippen LogP contribution in [0, 0.1) is 0 Å². The first-order valence-corrected chi connectivity index (χ1v) is 4.76. The third-order valence-electron chi connectivity index (χ3n) is 1.79. The van der Waals surface area contributed by atoms with Gasteiger partial charge in [-0.05, 0) is 12.1 Å². The second-order valence-corrected chi connectivity index (χ2v) is 2.66. The number of hydrogen-bond donors (Lipinski definition) is 2. The lowest BCUT2D eigenvalue weighted by molar-refractivity contribution is 0.632. The highest BCUT2D eigenvalue weighted by Gasteiger charge is 2.00. The number of rotatable bonds is 1. The zero-order valence-electron chi connectivity index (χ0n) is 8.79. The molecule has 2 rings (SSSR count). The van der Waals surface area contributed by atoms with E-state index in [1.54, 1.807) is 0 Å². The third kappa shape index (κ3) is 1.99. The van der Waals surface area contributed by atoms with Gasteiger partial charge in [-0.15, -0.1) is 0 Å². The summed E-state index contributed by atoms with van der Waals surface area (Å²) in [4.78, 5) is 0. The minimum atomic E-state index is 0.722. The van der Waals surface area contributed by atoms with Crippen LogP contribution in [-0.4, -0.2) is 7.05 Å². The molecule has 0 bridgehead atoms. The van der Waals surface area contributed by atoms with E-state index in [0.29, 0.717) is 0 Å². The third-order valence-corrected chi connectivity index (χ3v) is 1.79. The first-order valence-electron chi connectivity index (χ1n) is 4.76. The van der Waals surface area contributed by atoms with Gasteiger partial charge < -0.3 is 15.5 Å². The van der Waals surface area contributed by atoms with Crippen LogP contribution >= 0.6 is 0 Å². The van der Waals surface area contributed by atoms with Crippen molar-refractivity contribution in [1.82, 2.24) is 0 Å². The quantitative estimate of drug-likeness (QED) is 0.683. The summed E-state index contributed by atoms with van der Waals surface area (Å²) >= 11 is 0. The van der Waals surface area contributed by atoms with Crippen LogP contribution in [0.15, 0.2) is 28.7 Å². The van der Waals surface area contributed by atoms with Crippen molar-refractivity contribution in [2.45, 2.75) is 13.8 Å². The van der Waals surface area contributed by atoms with Crippen LogP contribution in [0.3, 0.4) is 0 Å². The van der Waals surface area contributed by atoms with Gasteiger partial charge >= 0.3 is 0 Å². The Hall–Kier alpha value is -1.64. The first kappa shape index (κ1) is 10.4. The summed E-state index contributed by atoms with van der Waals surface area (Å²) < 4.78 is 5.41. The van der Waals surface area contributed by atoms with Crippen LogP contribution < -0.4 is 11.1 Å². The molecule has 3 heteroatoms. The lowest BCUT2D eigenvalue weighted by Crippen LogP contribution is -1.81. The predicted molar refractivity (Wildman–Crippen MR) is 61.5 cm³/mol. The molecule has 0 unspecified atom stereocenters. The number of nitrogen functional groups attached to an aromatic ring is 1. The van der Waals surface area contributed by atoms with Crippen molar-refractivity contribution in [3.05, 3.63) is 24.3 Å². The number of benzene rings is 1. The minimum Gasteiger partial charge on any atom is -0.441 e. The van der Waals surface area contributed by atoms with Gasteiger partial charge in [0.1, 0.15) is 5.58 Å². The number of anilines is 2. The Balaban J connectivity index is 0.000000461. The van der Waals surface area contributed by atoms with Crippen molar-refractivity contribution in [1.29, 1.82) is 0 Å². The van der Waals surface area contributed by atoms with E-state index in [1.165, 1.54) is 0 Å². The van der Waals surface area contributed by atoms with Crippen LogP contribution in [-0.2, 0) is 0 Å². The molecule has 3 nitrogen and oxygen atoms in total. The number of fused-ring (bicyclic) bond motifs is 1. The van der Waals surface area contributed by atoms with Gasteiger partial charge in [-0.2, -0.15) is 0 Å². The maximum absolute atomic E-state index is 5.59. The van der Waals surface area contributed by atoms with Crippen molar-refractivity contribution in [3.8, 4) is 0 Å². The fraction of sp³-hybridized carbons (Fsp3) is 0.273. The molecular formula is C11H16N2O. The van der Waals surface area contributed by atoms with E-state index in [1.807, 2.05) is 45.2 Å². The topological polar surface area (TPSA) is 51.2 Å². The van der Waals surface area contributed by atoms with E-state index < -0.39 is 0 Å². The highest BCUT2D eigenvalue weighted by atomic mass is 16.3. The van der Waals surface area contributed by atoms with Gasteiger partial charge in [0.05, 0.1) is 0 Å². The maximum Gasteiger partial charge on any atom is 0.193 e. The van der Waals surface area contributed by atoms with E-state index in [-0.39, 0.29) is 0 Å². The molecule has 0 amide bonds. The lowest BCUT2D eigenvalue weighted by atomic mass is 10.2. The Bertz CT molecular complexity index is 407. The number of nitrogens with two attached hydrogens (primary N) is 1. The minimum absolute atomic E-state index is 0.722. The average molecular weight is 192 g/mol. The summed E-state index contributed by atoms with van der Waals surface area (Å²) in [6, 6.07) is 7.55. The van der Waals surface area contributed by atoms with E-state index in [2.05, 4.69) is 5.32 Å². The molecule has 1 heterocycles. The molecular weight excluding hydrogens is 176 g/mol. The monoisotopic (exact) mass is 192 g/mol. The van der Waals surface area contributed by atoms with E-state index in [9.17, 15) is 0 Å². The SMILES string of the molecule is CC.CNc1cc2ccc(N)cc2o1.